The van der Waals surface area contributed by atoms with Crippen molar-refractivity contribution < 1.29 is 4.74 Å². The number of hydrogen-bond acceptors (Lipinski definition) is 2. The fourth-order valence-electron chi connectivity index (χ4n) is 6.14. The van der Waals surface area contributed by atoms with Gasteiger partial charge >= 0.3 is 0 Å². The van der Waals surface area contributed by atoms with Gasteiger partial charge in [-0.15, -0.1) is 0 Å². The molecule has 0 unspecified atom stereocenters. The van der Waals surface area contributed by atoms with Crippen molar-refractivity contribution in [1.29, 1.82) is 0 Å². The van der Waals surface area contributed by atoms with Crippen LogP contribution in [0, 0.1) is 30.1 Å². The summed E-state index contributed by atoms with van der Waals surface area (Å²) in [6.45, 7) is 4.42. The molecule has 4 aliphatic carbocycles. The van der Waals surface area contributed by atoms with Crippen LogP contribution in [0.25, 0.3) is 0 Å². The van der Waals surface area contributed by atoms with Crippen LogP contribution >= 0.6 is 12.2 Å². The average Bonchev–Trinajstić information content (AvgIpc) is 2.53. The van der Waals surface area contributed by atoms with E-state index >= 15 is 0 Å². The summed E-state index contributed by atoms with van der Waals surface area (Å²) < 4.78 is 5.46. The van der Waals surface area contributed by atoms with E-state index in [1.807, 2.05) is 6.07 Å². The zero-order valence-electron chi connectivity index (χ0n) is 15.6. The summed E-state index contributed by atoms with van der Waals surface area (Å²) in [7, 11) is 1.70. The number of anilines is 1. The molecule has 0 heterocycles. The molecule has 3 nitrogen and oxygen atoms in total. The first-order chi connectivity index (χ1) is 12.0. The van der Waals surface area contributed by atoms with Gasteiger partial charge in [0.25, 0.3) is 0 Å². The van der Waals surface area contributed by atoms with Crippen molar-refractivity contribution in [2.75, 3.05) is 12.4 Å². The third-order valence-electron chi connectivity index (χ3n) is 6.95. The van der Waals surface area contributed by atoms with Gasteiger partial charge in [0.05, 0.1) is 12.8 Å². The number of hydrogen-bond donors (Lipinski definition) is 2. The lowest BCUT2D eigenvalue weighted by Crippen LogP contribution is -2.56. The Labute approximate surface area is 156 Å². The van der Waals surface area contributed by atoms with Crippen molar-refractivity contribution in [3.63, 3.8) is 0 Å². The Morgan fingerprint density at radius 2 is 1.76 bits per heavy atom. The number of aryl methyl sites for hydroxylation is 1. The lowest BCUT2D eigenvalue weighted by molar-refractivity contribution is -0.0671. The van der Waals surface area contributed by atoms with Gasteiger partial charge < -0.3 is 15.4 Å². The van der Waals surface area contributed by atoms with Crippen molar-refractivity contribution in [1.82, 2.24) is 5.32 Å². The van der Waals surface area contributed by atoms with Crippen LogP contribution in [0.5, 0.6) is 5.75 Å². The Bertz CT molecular complexity index is 637. The molecule has 0 aliphatic heterocycles. The van der Waals surface area contributed by atoms with Crippen molar-refractivity contribution in [3.05, 3.63) is 23.8 Å². The van der Waals surface area contributed by atoms with E-state index < -0.39 is 0 Å². The number of rotatable bonds is 4. The molecule has 4 bridgehead atoms. The van der Waals surface area contributed by atoms with E-state index in [1.165, 1.54) is 44.1 Å². The second kappa shape index (κ2) is 6.46. The second-order valence-electron chi connectivity index (χ2n) is 8.80. The smallest absolute Gasteiger partial charge is 0.171 e. The molecule has 0 aromatic heterocycles. The van der Waals surface area contributed by atoms with E-state index in [0.29, 0.717) is 16.6 Å². The highest BCUT2D eigenvalue weighted by Crippen LogP contribution is 2.61. The van der Waals surface area contributed by atoms with E-state index in [-0.39, 0.29) is 0 Å². The molecule has 2 N–H and O–H groups in total. The topological polar surface area (TPSA) is 33.3 Å². The molecule has 4 heteroatoms. The first kappa shape index (κ1) is 17.1. The van der Waals surface area contributed by atoms with Crippen LogP contribution in [-0.4, -0.2) is 18.3 Å². The Balaban J connectivity index is 1.44. The van der Waals surface area contributed by atoms with Crippen LogP contribution in [0.3, 0.4) is 0 Å². The van der Waals surface area contributed by atoms with Gasteiger partial charge in [-0.1, -0.05) is 6.07 Å². The number of nitrogens with one attached hydrogen (secondary N) is 2. The molecule has 4 aliphatic rings. The van der Waals surface area contributed by atoms with Crippen molar-refractivity contribution >= 4 is 23.0 Å². The molecule has 136 valence electrons. The van der Waals surface area contributed by atoms with Gasteiger partial charge in [-0.25, -0.2) is 0 Å². The zero-order valence-corrected chi connectivity index (χ0v) is 16.4. The Morgan fingerprint density at radius 1 is 1.16 bits per heavy atom. The summed E-state index contributed by atoms with van der Waals surface area (Å²) in [5.41, 5.74) is 2.59. The summed E-state index contributed by atoms with van der Waals surface area (Å²) in [5, 5.41) is 7.70. The van der Waals surface area contributed by atoms with Crippen molar-refractivity contribution in [2.45, 2.75) is 58.4 Å². The standard InChI is InChI=1S/C21H30N2OS/c1-13-4-5-19(24-3)18(6-13)23-20(25)22-14(2)21-10-15-7-16(11-21)9-17(8-15)12-21/h4-6,14-17H,7-12H2,1-3H3,(H2,22,23,25)/t14-,15?,16?,17?,21?/m0/s1. The van der Waals surface area contributed by atoms with Crippen LogP contribution in [0.1, 0.15) is 51.0 Å². The number of thiocarbonyl (C=S) groups is 1. The monoisotopic (exact) mass is 358 g/mol. The van der Waals surface area contributed by atoms with E-state index in [4.69, 9.17) is 17.0 Å². The third-order valence-corrected chi connectivity index (χ3v) is 7.17. The molecule has 1 aromatic rings. The minimum absolute atomic E-state index is 0.428. The maximum absolute atomic E-state index is 5.64. The van der Waals surface area contributed by atoms with E-state index in [0.717, 1.165) is 29.2 Å². The molecular weight excluding hydrogens is 328 g/mol. The zero-order chi connectivity index (χ0) is 17.6. The quantitative estimate of drug-likeness (QED) is 0.751. The normalized spacial score (nSPS) is 33.8. The maximum atomic E-state index is 5.64. The van der Waals surface area contributed by atoms with Crippen LogP contribution in [-0.2, 0) is 0 Å². The summed E-state index contributed by atoms with van der Waals surface area (Å²) in [6, 6.07) is 6.56. The van der Waals surface area contributed by atoms with Gasteiger partial charge in [0.1, 0.15) is 5.75 Å². The minimum Gasteiger partial charge on any atom is -0.495 e. The van der Waals surface area contributed by atoms with Gasteiger partial charge in [-0.2, -0.15) is 0 Å². The largest absolute Gasteiger partial charge is 0.495 e. The molecule has 0 amide bonds. The highest BCUT2D eigenvalue weighted by atomic mass is 32.1. The predicted molar refractivity (Wildman–Crippen MR) is 107 cm³/mol. The van der Waals surface area contributed by atoms with Crippen LogP contribution in [0.4, 0.5) is 5.69 Å². The van der Waals surface area contributed by atoms with Gasteiger partial charge in [0, 0.05) is 6.04 Å². The molecular formula is C21H30N2OS. The van der Waals surface area contributed by atoms with Crippen molar-refractivity contribution in [3.8, 4) is 5.75 Å². The molecule has 1 aromatic carbocycles. The molecule has 5 rings (SSSR count). The van der Waals surface area contributed by atoms with Gasteiger partial charge in [0.15, 0.2) is 5.11 Å². The fraction of sp³-hybridized carbons (Fsp3) is 0.667. The lowest BCUT2D eigenvalue weighted by atomic mass is 9.48. The van der Waals surface area contributed by atoms with Crippen molar-refractivity contribution in [2.24, 2.45) is 23.2 Å². The van der Waals surface area contributed by atoms with Crippen LogP contribution < -0.4 is 15.4 Å². The van der Waals surface area contributed by atoms with E-state index in [1.54, 1.807) is 7.11 Å². The molecule has 0 saturated heterocycles. The third kappa shape index (κ3) is 3.25. The number of ether oxygens (including phenoxy) is 1. The summed E-state index contributed by atoms with van der Waals surface area (Å²) in [4.78, 5) is 0. The van der Waals surface area contributed by atoms with Gasteiger partial charge in [-0.3, -0.25) is 0 Å². The Morgan fingerprint density at radius 3 is 2.32 bits per heavy atom. The summed E-state index contributed by atoms with van der Waals surface area (Å²) in [6.07, 6.45) is 8.62. The Hall–Kier alpha value is -1.29. The Kier molecular flexibility index (Phi) is 4.43. The molecule has 25 heavy (non-hydrogen) atoms. The highest BCUT2D eigenvalue weighted by molar-refractivity contribution is 7.80. The molecule has 0 radical (unpaired) electrons. The SMILES string of the molecule is COc1ccc(C)cc1NC(=S)N[C@@H](C)C12CC3CC(CC(C3)C1)C2. The van der Waals surface area contributed by atoms with Crippen LogP contribution in [0.15, 0.2) is 18.2 Å². The number of methoxy groups -OCH3 is 1. The second-order valence-corrected chi connectivity index (χ2v) is 9.21. The summed E-state index contributed by atoms with van der Waals surface area (Å²) >= 11 is 5.64. The highest BCUT2D eigenvalue weighted by Gasteiger charge is 2.53. The predicted octanol–water partition coefficient (Wildman–Crippen LogP) is 4.89. The average molecular weight is 359 g/mol. The summed E-state index contributed by atoms with van der Waals surface area (Å²) in [5.74, 6) is 3.73. The van der Waals surface area contributed by atoms with E-state index in [9.17, 15) is 0 Å². The molecule has 0 spiro atoms. The fourth-order valence-corrected chi connectivity index (χ4v) is 6.42. The van der Waals surface area contributed by atoms with E-state index in [2.05, 4.69) is 36.6 Å². The maximum Gasteiger partial charge on any atom is 0.171 e. The first-order valence-electron chi connectivity index (χ1n) is 9.69. The number of benzene rings is 1. The first-order valence-corrected chi connectivity index (χ1v) is 10.1. The molecule has 1 atom stereocenters. The van der Waals surface area contributed by atoms with Gasteiger partial charge in [-0.05, 0) is 105 Å². The minimum atomic E-state index is 0.428. The molecule has 4 fully saturated rings. The van der Waals surface area contributed by atoms with Crippen LogP contribution in [0.2, 0.25) is 0 Å². The lowest BCUT2D eigenvalue weighted by Gasteiger charge is -2.59. The van der Waals surface area contributed by atoms with Gasteiger partial charge in [0.2, 0.25) is 0 Å². The molecule has 4 saturated carbocycles.